The molecule has 0 saturated carbocycles. The fourth-order valence-corrected chi connectivity index (χ4v) is 1.51. The van der Waals surface area contributed by atoms with E-state index in [1.54, 1.807) is 12.1 Å². The first kappa shape index (κ1) is 9.59. The number of hydrogen-bond acceptors (Lipinski definition) is 2. The molecular weight excluding hydrogens is 186 g/mol. The first-order valence-electron chi connectivity index (χ1n) is 4.87. The molecule has 0 unspecified atom stereocenters. The van der Waals surface area contributed by atoms with Gasteiger partial charge in [0.05, 0.1) is 0 Å². The molecule has 2 N–H and O–H groups in total. The minimum Gasteiger partial charge on any atom is -0.508 e. The van der Waals surface area contributed by atoms with Gasteiger partial charge in [0.1, 0.15) is 5.75 Å². The molecule has 2 nitrogen and oxygen atoms in total. The molecule has 0 spiro atoms. The van der Waals surface area contributed by atoms with E-state index < -0.39 is 0 Å². The van der Waals surface area contributed by atoms with Crippen LogP contribution in [0.3, 0.4) is 0 Å². The number of benzene rings is 2. The summed E-state index contributed by atoms with van der Waals surface area (Å²) in [6.45, 7) is 0. The van der Waals surface area contributed by atoms with Gasteiger partial charge in [-0.2, -0.15) is 0 Å². The lowest BCUT2D eigenvalue weighted by Gasteiger charge is -2.04. The number of phenolic OH excluding ortho intramolecular Hbond substituents is 1. The van der Waals surface area contributed by atoms with Gasteiger partial charge in [-0.3, -0.25) is 0 Å². The van der Waals surface area contributed by atoms with Crippen LogP contribution in [0.25, 0.3) is 11.1 Å². The molecule has 0 radical (unpaired) electrons. The molecule has 0 aromatic heterocycles. The van der Waals surface area contributed by atoms with Crippen molar-refractivity contribution in [3.05, 3.63) is 48.5 Å². The van der Waals surface area contributed by atoms with Crippen molar-refractivity contribution in [1.82, 2.24) is 0 Å². The van der Waals surface area contributed by atoms with Crippen molar-refractivity contribution in [2.75, 3.05) is 12.4 Å². The number of hydrogen-bond donors (Lipinski definition) is 2. The van der Waals surface area contributed by atoms with Crippen molar-refractivity contribution in [3.63, 3.8) is 0 Å². The highest BCUT2D eigenvalue weighted by atomic mass is 16.3. The van der Waals surface area contributed by atoms with E-state index in [2.05, 4.69) is 5.32 Å². The molecule has 2 aromatic rings. The van der Waals surface area contributed by atoms with Gasteiger partial charge in [0.15, 0.2) is 0 Å². The monoisotopic (exact) mass is 199 g/mol. The molecule has 0 aliphatic rings. The number of anilines is 1. The molecule has 0 heterocycles. The second-order valence-corrected chi connectivity index (χ2v) is 3.38. The van der Waals surface area contributed by atoms with E-state index in [-0.39, 0.29) is 0 Å². The Labute approximate surface area is 89.2 Å². The normalized spacial score (nSPS) is 9.93. The summed E-state index contributed by atoms with van der Waals surface area (Å²) in [7, 11) is 1.89. The Kier molecular flexibility index (Phi) is 2.59. The van der Waals surface area contributed by atoms with Crippen molar-refractivity contribution in [1.29, 1.82) is 0 Å². The number of nitrogens with one attached hydrogen (secondary N) is 1. The van der Waals surface area contributed by atoms with Gasteiger partial charge in [-0.05, 0) is 35.4 Å². The molecule has 0 aliphatic heterocycles. The first-order chi connectivity index (χ1) is 7.29. The van der Waals surface area contributed by atoms with Gasteiger partial charge < -0.3 is 10.4 Å². The Morgan fingerprint density at radius 2 is 1.67 bits per heavy atom. The van der Waals surface area contributed by atoms with Crippen LogP contribution in [0.1, 0.15) is 0 Å². The Hall–Kier alpha value is -1.96. The molecule has 0 fully saturated rings. The molecule has 0 atom stereocenters. The zero-order valence-electron chi connectivity index (χ0n) is 8.57. The fraction of sp³-hybridized carbons (Fsp3) is 0.0769. The highest BCUT2D eigenvalue weighted by molar-refractivity contribution is 5.67. The van der Waals surface area contributed by atoms with E-state index in [4.69, 9.17) is 0 Å². The minimum absolute atomic E-state index is 0.296. The summed E-state index contributed by atoms with van der Waals surface area (Å²) in [4.78, 5) is 0. The van der Waals surface area contributed by atoms with Crippen LogP contribution in [0.5, 0.6) is 5.75 Å². The maximum atomic E-state index is 9.36. The molecule has 15 heavy (non-hydrogen) atoms. The maximum Gasteiger partial charge on any atom is 0.116 e. The largest absolute Gasteiger partial charge is 0.508 e. The van der Waals surface area contributed by atoms with Crippen LogP contribution < -0.4 is 5.32 Å². The van der Waals surface area contributed by atoms with E-state index in [1.165, 1.54) is 0 Å². The maximum absolute atomic E-state index is 9.36. The second-order valence-electron chi connectivity index (χ2n) is 3.38. The average Bonchev–Trinajstić information content (AvgIpc) is 2.29. The summed E-state index contributed by atoms with van der Waals surface area (Å²) >= 11 is 0. The van der Waals surface area contributed by atoms with E-state index in [0.29, 0.717) is 5.75 Å². The molecule has 0 bridgehead atoms. The van der Waals surface area contributed by atoms with Crippen molar-refractivity contribution in [2.45, 2.75) is 0 Å². The number of aromatic hydroxyl groups is 1. The predicted octanol–water partition coefficient (Wildman–Crippen LogP) is 3.10. The van der Waals surface area contributed by atoms with Crippen LogP contribution in [0.4, 0.5) is 5.69 Å². The lowest BCUT2D eigenvalue weighted by atomic mass is 10.1. The highest BCUT2D eigenvalue weighted by Gasteiger charge is 1.98. The van der Waals surface area contributed by atoms with Gasteiger partial charge in [0.25, 0.3) is 0 Å². The molecule has 2 heteroatoms. The van der Waals surface area contributed by atoms with Crippen molar-refractivity contribution in [3.8, 4) is 16.9 Å². The van der Waals surface area contributed by atoms with Crippen molar-refractivity contribution >= 4 is 5.69 Å². The van der Waals surface area contributed by atoms with Crippen LogP contribution >= 0.6 is 0 Å². The molecule has 76 valence electrons. The SMILES string of the molecule is CNc1ccc(-c2cccc(O)c2)cc1. The zero-order valence-corrected chi connectivity index (χ0v) is 8.57. The molecule has 2 rings (SSSR count). The summed E-state index contributed by atoms with van der Waals surface area (Å²) in [6, 6.07) is 15.3. The zero-order chi connectivity index (χ0) is 10.7. The Balaban J connectivity index is 2.37. The third-order valence-corrected chi connectivity index (χ3v) is 2.35. The fourth-order valence-electron chi connectivity index (χ4n) is 1.51. The lowest BCUT2D eigenvalue weighted by molar-refractivity contribution is 0.475. The van der Waals surface area contributed by atoms with Gasteiger partial charge in [0.2, 0.25) is 0 Å². The third-order valence-electron chi connectivity index (χ3n) is 2.35. The molecular formula is C13H13NO. The number of phenols is 1. The average molecular weight is 199 g/mol. The van der Waals surface area contributed by atoms with E-state index in [9.17, 15) is 5.11 Å². The van der Waals surface area contributed by atoms with E-state index in [1.807, 2.05) is 43.4 Å². The van der Waals surface area contributed by atoms with Crippen molar-refractivity contribution < 1.29 is 5.11 Å². The molecule has 2 aromatic carbocycles. The molecule has 0 aliphatic carbocycles. The molecule has 0 saturated heterocycles. The third kappa shape index (κ3) is 2.10. The topological polar surface area (TPSA) is 32.3 Å². The predicted molar refractivity (Wildman–Crippen MR) is 63.1 cm³/mol. The van der Waals surface area contributed by atoms with Crippen LogP contribution in [0.2, 0.25) is 0 Å². The van der Waals surface area contributed by atoms with Crippen LogP contribution in [-0.2, 0) is 0 Å². The summed E-state index contributed by atoms with van der Waals surface area (Å²) in [5.41, 5.74) is 3.21. The summed E-state index contributed by atoms with van der Waals surface area (Å²) in [5, 5.41) is 12.4. The van der Waals surface area contributed by atoms with Gasteiger partial charge in [-0.25, -0.2) is 0 Å². The lowest BCUT2D eigenvalue weighted by Crippen LogP contribution is -1.86. The Morgan fingerprint density at radius 1 is 0.933 bits per heavy atom. The summed E-state index contributed by atoms with van der Waals surface area (Å²) < 4.78 is 0. The van der Waals surface area contributed by atoms with Gasteiger partial charge >= 0.3 is 0 Å². The van der Waals surface area contributed by atoms with Gasteiger partial charge in [0, 0.05) is 12.7 Å². The summed E-state index contributed by atoms with van der Waals surface area (Å²) in [5.74, 6) is 0.296. The Morgan fingerprint density at radius 3 is 2.27 bits per heavy atom. The van der Waals surface area contributed by atoms with E-state index >= 15 is 0 Å². The Bertz CT molecular complexity index is 448. The van der Waals surface area contributed by atoms with Crippen LogP contribution in [0, 0.1) is 0 Å². The van der Waals surface area contributed by atoms with Gasteiger partial charge in [-0.1, -0.05) is 24.3 Å². The van der Waals surface area contributed by atoms with Crippen LogP contribution in [-0.4, -0.2) is 12.2 Å². The first-order valence-corrected chi connectivity index (χ1v) is 4.87. The smallest absolute Gasteiger partial charge is 0.116 e. The minimum atomic E-state index is 0.296. The highest BCUT2D eigenvalue weighted by Crippen LogP contribution is 2.24. The van der Waals surface area contributed by atoms with Gasteiger partial charge in [-0.15, -0.1) is 0 Å². The quantitative estimate of drug-likeness (QED) is 0.779. The number of rotatable bonds is 2. The van der Waals surface area contributed by atoms with Crippen LogP contribution in [0.15, 0.2) is 48.5 Å². The van der Waals surface area contributed by atoms with Crippen molar-refractivity contribution in [2.24, 2.45) is 0 Å². The summed E-state index contributed by atoms with van der Waals surface area (Å²) in [6.07, 6.45) is 0. The van der Waals surface area contributed by atoms with E-state index in [0.717, 1.165) is 16.8 Å². The second kappa shape index (κ2) is 4.05. The standard InChI is InChI=1S/C13H13NO/c1-14-12-7-5-10(6-8-12)11-3-2-4-13(15)9-11/h2-9,14-15H,1H3. The molecule has 0 amide bonds.